The van der Waals surface area contributed by atoms with E-state index in [2.05, 4.69) is 0 Å². The molecule has 3 rings (SSSR count). The van der Waals surface area contributed by atoms with Gasteiger partial charge >= 0.3 is 0 Å². The van der Waals surface area contributed by atoms with Crippen molar-refractivity contribution in [1.82, 2.24) is 4.90 Å². The molecule has 0 saturated carbocycles. The van der Waals surface area contributed by atoms with E-state index >= 15 is 0 Å². The van der Waals surface area contributed by atoms with Crippen LogP contribution in [0.5, 0.6) is 5.75 Å². The molecule has 1 heterocycles. The molecule has 0 spiro atoms. The number of aryl methyl sites for hydroxylation is 2. The summed E-state index contributed by atoms with van der Waals surface area (Å²) >= 11 is 6.06. The van der Waals surface area contributed by atoms with Crippen molar-refractivity contribution in [2.75, 3.05) is 18.1 Å². The maximum Gasteiger partial charge on any atom is 0.261 e. The van der Waals surface area contributed by atoms with Crippen LogP contribution in [0.25, 0.3) is 0 Å². The Bertz CT molecular complexity index is 954. The summed E-state index contributed by atoms with van der Waals surface area (Å²) in [5.41, 5.74) is 2.77. The molecular formula is C21H24ClNO4S. The van der Waals surface area contributed by atoms with E-state index in [0.29, 0.717) is 23.7 Å². The molecule has 1 atom stereocenters. The van der Waals surface area contributed by atoms with Crippen LogP contribution < -0.4 is 4.74 Å². The van der Waals surface area contributed by atoms with Crippen molar-refractivity contribution in [3.8, 4) is 5.75 Å². The van der Waals surface area contributed by atoms with Gasteiger partial charge in [0.2, 0.25) is 0 Å². The molecule has 1 amide bonds. The Morgan fingerprint density at radius 2 is 1.86 bits per heavy atom. The van der Waals surface area contributed by atoms with Crippen molar-refractivity contribution in [1.29, 1.82) is 0 Å². The van der Waals surface area contributed by atoms with Crippen LogP contribution in [0.2, 0.25) is 5.02 Å². The van der Waals surface area contributed by atoms with Crippen molar-refractivity contribution in [2.24, 2.45) is 0 Å². The van der Waals surface area contributed by atoms with Crippen LogP contribution in [0, 0.1) is 13.8 Å². The van der Waals surface area contributed by atoms with Gasteiger partial charge in [0.05, 0.1) is 11.5 Å². The maximum absolute atomic E-state index is 13.0. The molecule has 150 valence electrons. The Morgan fingerprint density at radius 1 is 1.18 bits per heavy atom. The van der Waals surface area contributed by atoms with Gasteiger partial charge in [0, 0.05) is 17.6 Å². The fourth-order valence-electron chi connectivity index (χ4n) is 3.52. The minimum Gasteiger partial charge on any atom is -0.483 e. The highest BCUT2D eigenvalue weighted by atomic mass is 35.5. The van der Waals surface area contributed by atoms with Gasteiger partial charge in [-0.15, -0.1) is 0 Å². The second kappa shape index (κ2) is 8.53. The number of benzene rings is 2. The molecule has 0 unspecified atom stereocenters. The Hall–Kier alpha value is -2.05. The minimum absolute atomic E-state index is 0.0112. The van der Waals surface area contributed by atoms with E-state index < -0.39 is 9.84 Å². The Balaban J connectivity index is 1.78. The van der Waals surface area contributed by atoms with Crippen LogP contribution in [-0.2, 0) is 21.2 Å². The SMILES string of the molecule is Cc1cccc(C)c1OCC(=O)N(Cc1cccc(Cl)c1)[C@@H]1CCS(=O)(=O)C1. The number of amides is 1. The largest absolute Gasteiger partial charge is 0.483 e. The van der Waals surface area contributed by atoms with Crippen LogP contribution in [0.15, 0.2) is 42.5 Å². The first-order valence-electron chi connectivity index (χ1n) is 9.18. The van der Waals surface area contributed by atoms with Crippen LogP contribution >= 0.6 is 11.6 Å². The van der Waals surface area contributed by atoms with Crippen molar-refractivity contribution in [3.63, 3.8) is 0 Å². The highest BCUT2D eigenvalue weighted by Gasteiger charge is 2.34. The first-order valence-corrected chi connectivity index (χ1v) is 11.4. The van der Waals surface area contributed by atoms with E-state index in [1.807, 2.05) is 44.2 Å². The standard InChI is InChI=1S/C21H24ClNO4S/c1-15-5-3-6-16(2)21(15)27-13-20(24)23(19-9-10-28(25,26)14-19)12-17-7-4-8-18(22)11-17/h3-8,11,19H,9-10,12-14H2,1-2H3/t19-/m1/s1. The zero-order valence-corrected chi connectivity index (χ0v) is 17.6. The monoisotopic (exact) mass is 421 g/mol. The van der Waals surface area contributed by atoms with Crippen LogP contribution in [0.4, 0.5) is 0 Å². The topological polar surface area (TPSA) is 63.7 Å². The lowest BCUT2D eigenvalue weighted by molar-refractivity contribution is -0.136. The fourth-order valence-corrected chi connectivity index (χ4v) is 5.46. The quantitative estimate of drug-likeness (QED) is 0.715. The Labute approximate surface area is 171 Å². The summed E-state index contributed by atoms with van der Waals surface area (Å²) in [4.78, 5) is 14.6. The molecule has 1 aliphatic rings. The van der Waals surface area contributed by atoms with Gasteiger partial charge in [-0.25, -0.2) is 8.42 Å². The molecule has 2 aromatic carbocycles. The molecule has 28 heavy (non-hydrogen) atoms. The summed E-state index contributed by atoms with van der Waals surface area (Å²) < 4.78 is 29.7. The molecule has 0 N–H and O–H groups in total. The number of hydrogen-bond acceptors (Lipinski definition) is 4. The summed E-state index contributed by atoms with van der Waals surface area (Å²) in [6.07, 6.45) is 0.442. The van der Waals surface area contributed by atoms with Gasteiger partial charge in [-0.05, 0) is 49.1 Å². The van der Waals surface area contributed by atoms with E-state index in [-0.39, 0.29) is 30.1 Å². The van der Waals surface area contributed by atoms with E-state index in [0.717, 1.165) is 16.7 Å². The van der Waals surface area contributed by atoms with Gasteiger partial charge in [0.25, 0.3) is 5.91 Å². The zero-order chi connectivity index (χ0) is 20.3. The average molecular weight is 422 g/mol. The Morgan fingerprint density at radius 3 is 2.46 bits per heavy atom. The lowest BCUT2D eigenvalue weighted by Gasteiger charge is -2.28. The number of ether oxygens (including phenoxy) is 1. The van der Waals surface area contributed by atoms with Crippen molar-refractivity contribution in [2.45, 2.75) is 32.9 Å². The van der Waals surface area contributed by atoms with Crippen LogP contribution in [0.1, 0.15) is 23.1 Å². The first-order chi connectivity index (χ1) is 13.2. The lowest BCUT2D eigenvalue weighted by Crippen LogP contribution is -2.43. The molecular weight excluding hydrogens is 398 g/mol. The van der Waals surface area contributed by atoms with Crippen LogP contribution in [0.3, 0.4) is 0 Å². The first kappa shape index (κ1) is 20.7. The predicted octanol–water partition coefficient (Wildman–Crippen LogP) is 3.55. The van der Waals surface area contributed by atoms with E-state index in [4.69, 9.17) is 16.3 Å². The third-order valence-electron chi connectivity index (χ3n) is 4.96. The minimum atomic E-state index is -3.12. The smallest absolute Gasteiger partial charge is 0.261 e. The molecule has 0 radical (unpaired) electrons. The molecule has 5 nitrogen and oxygen atoms in total. The summed E-state index contributed by atoms with van der Waals surface area (Å²) in [5, 5.41) is 0.579. The highest BCUT2D eigenvalue weighted by Crippen LogP contribution is 2.24. The van der Waals surface area contributed by atoms with E-state index in [1.165, 1.54) is 0 Å². The van der Waals surface area contributed by atoms with Gasteiger partial charge < -0.3 is 9.64 Å². The van der Waals surface area contributed by atoms with Gasteiger partial charge in [-0.3, -0.25) is 4.79 Å². The normalized spacial score (nSPS) is 18.0. The molecule has 2 aromatic rings. The fraction of sp³-hybridized carbons (Fsp3) is 0.381. The third kappa shape index (κ3) is 5.06. The molecule has 1 aliphatic heterocycles. The summed E-state index contributed by atoms with van der Waals surface area (Å²) in [6.45, 7) is 4.03. The van der Waals surface area contributed by atoms with Crippen LogP contribution in [-0.4, -0.2) is 43.4 Å². The molecule has 0 bridgehead atoms. The number of carbonyl (C=O) groups excluding carboxylic acids is 1. The predicted molar refractivity (Wildman–Crippen MR) is 110 cm³/mol. The number of hydrogen-bond donors (Lipinski definition) is 0. The molecule has 1 saturated heterocycles. The molecule has 7 heteroatoms. The van der Waals surface area contributed by atoms with Crippen molar-refractivity contribution >= 4 is 27.3 Å². The maximum atomic E-state index is 13.0. The molecule has 1 fully saturated rings. The summed E-state index contributed by atoms with van der Waals surface area (Å²) in [7, 11) is -3.12. The molecule has 0 aliphatic carbocycles. The number of nitrogens with zero attached hydrogens (tertiary/aromatic N) is 1. The highest BCUT2D eigenvalue weighted by molar-refractivity contribution is 7.91. The number of halogens is 1. The second-order valence-electron chi connectivity index (χ2n) is 7.22. The van der Waals surface area contributed by atoms with E-state index in [1.54, 1.807) is 17.0 Å². The van der Waals surface area contributed by atoms with Gasteiger partial charge in [0.15, 0.2) is 16.4 Å². The van der Waals surface area contributed by atoms with E-state index in [9.17, 15) is 13.2 Å². The van der Waals surface area contributed by atoms with Gasteiger partial charge in [0.1, 0.15) is 5.75 Å². The third-order valence-corrected chi connectivity index (χ3v) is 6.95. The summed E-state index contributed by atoms with van der Waals surface area (Å²) in [5.74, 6) is 0.555. The average Bonchev–Trinajstić information content (AvgIpc) is 2.98. The zero-order valence-electron chi connectivity index (χ0n) is 16.0. The van der Waals surface area contributed by atoms with Gasteiger partial charge in [-0.2, -0.15) is 0 Å². The van der Waals surface area contributed by atoms with Crippen molar-refractivity contribution < 1.29 is 17.9 Å². The number of sulfone groups is 1. The number of rotatable bonds is 6. The Kier molecular flexibility index (Phi) is 6.30. The summed E-state index contributed by atoms with van der Waals surface area (Å²) in [6, 6.07) is 12.7. The van der Waals surface area contributed by atoms with Crippen molar-refractivity contribution in [3.05, 3.63) is 64.2 Å². The lowest BCUT2D eigenvalue weighted by atomic mass is 10.1. The number of para-hydroxylation sites is 1. The molecule has 0 aromatic heterocycles. The number of carbonyl (C=O) groups is 1. The van der Waals surface area contributed by atoms with Gasteiger partial charge in [-0.1, -0.05) is 41.9 Å². The second-order valence-corrected chi connectivity index (χ2v) is 9.88.